The molecule has 0 spiro atoms. The van der Waals surface area contributed by atoms with Gasteiger partial charge in [0.25, 0.3) is 0 Å². The number of rotatable bonds is 6. The second kappa shape index (κ2) is 7.02. The Bertz CT molecular complexity index is 583. The summed E-state index contributed by atoms with van der Waals surface area (Å²) < 4.78 is 5.09. The third-order valence-electron chi connectivity index (χ3n) is 2.68. The average Bonchev–Trinajstić information content (AvgIpc) is 2.86. The number of hydrogen-bond acceptors (Lipinski definition) is 5. The second-order valence-electron chi connectivity index (χ2n) is 4.25. The molecular formula is C14H17N3O2S. The van der Waals surface area contributed by atoms with E-state index in [4.69, 9.17) is 4.74 Å². The number of nitrogens with one attached hydrogen (secondary N) is 2. The van der Waals surface area contributed by atoms with E-state index < -0.39 is 0 Å². The predicted octanol–water partition coefficient (Wildman–Crippen LogP) is 2.40. The van der Waals surface area contributed by atoms with Crippen molar-refractivity contribution in [3.8, 4) is 5.88 Å². The number of carbonyl (C=O) groups excluding carboxylic acids is 1. The lowest BCUT2D eigenvalue weighted by atomic mass is 10.2. The summed E-state index contributed by atoms with van der Waals surface area (Å²) in [6, 6.07) is 5.76. The molecule has 2 aromatic rings. The first-order valence-electron chi connectivity index (χ1n) is 6.22. The fourth-order valence-corrected chi connectivity index (χ4v) is 2.57. The number of methoxy groups -OCH3 is 1. The minimum Gasteiger partial charge on any atom is -0.481 e. The number of amides is 1. The number of aromatic nitrogens is 1. The van der Waals surface area contributed by atoms with E-state index in [1.54, 1.807) is 24.6 Å². The fraction of sp³-hybridized carbons (Fsp3) is 0.286. The summed E-state index contributed by atoms with van der Waals surface area (Å²) in [7, 11) is 1.60. The summed E-state index contributed by atoms with van der Waals surface area (Å²) in [4.78, 5) is 16.3. The first-order valence-corrected chi connectivity index (χ1v) is 7.10. The molecule has 0 atom stereocenters. The van der Waals surface area contributed by atoms with Crippen molar-refractivity contribution in [3.63, 3.8) is 0 Å². The van der Waals surface area contributed by atoms with E-state index in [2.05, 4.69) is 15.6 Å². The third-order valence-corrected chi connectivity index (χ3v) is 3.60. The summed E-state index contributed by atoms with van der Waals surface area (Å²) in [5.41, 5.74) is 1.98. The second-order valence-corrected chi connectivity index (χ2v) is 5.25. The molecule has 2 rings (SSSR count). The molecule has 0 radical (unpaired) electrons. The van der Waals surface area contributed by atoms with Crippen LogP contribution in [0.4, 0.5) is 5.69 Å². The Morgan fingerprint density at radius 3 is 3.00 bits per heavy atom. The van der Waals surface area contributed by atoms with Crippen LogP contribution in [-0.2, 0) is 17.9 Å². The highest BCUT2D eigenvalue weighted by Gasteiger charge is 2.05. The summed E-state index contributed by atoms with van der Waals surface area (Å²) in [5, 5.41) is 8.14. The molecule has 0 bridgehead atoms. The molecule has 106 valence electrons. The molecule has 2 heterocycles. The quantitative estimate of drug-likeness (QED) is 0.858. The van der Waals surface area contributed by atoms with Gasteiger partial charge in [0.05, 0.1) is 12.8 Å². The van der Waals surface area contributed by atoms with Crippen LogP contribution in [0.1, 0.15) is 17.4 Å². The van der Waals surface area contributed by atoms with E-state index in [0.29, 0.717) is 12.4 Å². The van der Waals surface area contributed by atoms with Crippen LogP contribution >= 0.6 is 11.3 Å². The monoisotopic (exact) mass is 291 g/mol. The maximum absolute atomic E-state index is 11.1. The molecule has 2 aromatic heterocycles. The van der Waals surface area contributed by atoms with Crippen molar-refractivity contribution >= 4 is 22.9 Å². The maximum Gasteiger partial charge on any atom is 0.221 e. The minimum atomic E-state index is -0.0523. The van der Waals surface area contributed by atoms with Crippen molar-refractivity contribution in [2.24, 2.45) is 0 Å². The molecule has 0 aliphatic carbocycles. The van der Waals surface area contributed by atoms with Crippen LogP contribution in [0.2, 0.25) is 0 Å². The number of pyridine rings is 1. The van der Waals surface area contributed by atoms with Gasteiger partial charge in [-0.05, 0) is 23.1 Å². The van der Waals surface area contributed by atoms with Crippen LogP contribution < -0.4 is 15.4 Å². The topological polar surface area (TPSA) is 63.2 Å². The summed E-state index contributed by atoms with van der Waals surface area (Å²) in [5.74, 6) is 0.558. The Morgan fingerprint density at radius 2 is 2.25 bits per heavy atom. The highest BCUT2D eigenvalue weighted by Crippen LogP contribution is 2.22. The zero-order valence-electron chi connectivity index (χ0n) is 11.5. The van der Waals surface area contributed by atoms with Crippen LogP contribution in [0.25, 0.3) is 0 Å². The number of thiophene rings is 1. The molecule has 0 aliphatic rings. The molecule has 0 fully saturated rings. The van der Waals surface area contributed by atoms with Gasteiger partial charge in [-0.1, -0.05) is 0 Å². The van der Waals surface area contributed by atoms with Gasteiger partial charge in [-0.25, -0.2) is 4.98 Å². The van der Waals surface area contributed by atoms with E-state index in [1.165, 1.54) is 6.92 Å². The third kappa shape index (κ3) is 4.04. The van der Waals surface area contributed by atoms with Gasteiger partial charge in [-0.2, -0.15) is 0 Å². The molecule has 20 heavy (non-hydrogen) atoms. The number of carbonyl (C=O) groups is 1. The van der Waals surface area contributed by atoms with E-state index in [0.717, 1.165) is 22.7 Å². The molecular weight excluding hydrogens is 274 g/mol. The molecule has 1 amide bonds. The number of hydrogen-bond donors (Lipinski definition) is 2. The highest BCUT2D eigenvalue weighted by molar-refractivity contribution is 7.10. The number of ether oxygens (including phenoxy) is 1. The van der Waals surface area contributed by atoms with Crippen molar-refractivity contribution < 1.29 is 9.53 Å². The lowest BCUT2D eigenvalue weighted by molar-refractivity contribution is -0.114. The normalized spacial score (nSPS) is 10.3. The summed E-state index contributed by atoms with van der Waals surface area (Å²) >= 11 is 1.62. The molecule has 0 aliphatic heterocycles. The molecule has 0 saturated carbocycles. The average molecular weight is 291 g/mol. The van der Waals surface area contributed by atoms with E-state index in [1.807, 2.05) is 23.6 Å². The molecule has 0 saturated heterocycles. The number of anilines is 1. The van der Waals surface area contributed by atoms with Crippen molar-refractivity contribution in [1.29, 1.82) is 0 Å². The van der Waals surface area contributed by atoms with E-state index >= 15 is 0 Å². The van der Waals surface area contributed by atoms with Gasteiger partial charge in [0.15, 0.2) is 0 Å². The molecule has 5 nitrogen and oxygen atoms in total. The van der Waals surface area contributed by atoms with Crippen molar-refractivity contribution in [2.75, 3.05) is 12.4 Å². The minimum absolute atomic E-state index is 0.0523. The van der Waals surface area contributed by atoms with Gasteiger partial charge in [0, 0.05) is 37.2 Å². The highest BCUT2D eigenvalue weighted by atomic mass is 32.1. The van der Waals surface area contributed by atoms with Gasteiger partial charge in [0.1, 0.15) is 0 Å². The summed E-state index contributed by atoms with van der Waals surface area (Å²) in [6.07, 6.45) is 1.73. The Kier molecular flexibility index (Phi) is 5.09. The Morgan fingerprint density at radius 1 is 1.40 bits per heavy atom. The Hall–Kier alpha value is -1.92. The van der Waals surface area contributed by atoms with Crippen LogP contribution in [0.3, 0.4) is 0 Å². The largest absolute Gasteiger partial charge is 0.481 e. The van der Waals surface area contributed by atoms with Crippen molar-refractivity contribution in [1.82, 2.24) is 10.3 Å². The SMILES string of the molecule is COc1cc(CNCc2sccc2NC(C)=O)ccn1. The van der Waals surface area contributed by atoms with Crippen molar-refractivity contribution in [3.05, 3.63) is 40.2 Å². The van der Waals surface area contributed by atoms with Gasteiger partial charge in [-0.15, -0.1) is 11.3 Å². The molecule has 6 heteroatoms. The lowest BCUT2D eigenvalue weighted by Crippen LogP contribution is -2.14. The standard InChI is InChI=1S/C14H17N3O2S/c1-10(18)17-12-4-6-20-13(12)9-15-8-11-3-5-16-14(7-11)19-2/h3-7,15H,8-9H2,1-2H3,(H,17,18). The summed E-state index contributed by atoms with van der Waals surface area (Å²) in [6.45, 7) is 2.94. The Labute approximate surface area is 122 Å². The zero-order valence-corrected chi connectivity index (χ0v) is 12.3. The van der Waals surface area contributed by atoms with E-state index in [-0.39, 0.29) is 5.91 Å². The van der Waals surface area contributed by atoms with Crippen LogP contribution in [0.15, 0.2) is 29.8 Å². The number of nitrogens with zero attached hydrogens (tertiary/aromatic N) is 1. The molecule has 0 unspecified atom stereocenters. The van der Waals surface area contributed by atoms with Gasteiger partial charge < -0.3 is 15.4 Å². The van der Waals surface area contributed by atoms with Crippen LogP contribution in [-0.4, -0.2) is 18.0 Å². The van der Waals surface area contributed by atoms with Gasteiger partial charge in [-0.3, -0.25) is 4.79 Å². The predicted molar refractivity (Wildman–Crippen MR) is 80.0 cm³/mol. The molecule has 0 aromatic carbocycles. The fourth-order valence-electron chi connectivity index (χ4n) is 1.77. The molecule has 2 N–H and O–H groups in total. The Balaban J connectivity index is 1.89. The van der Waals surface area contributed by atoms with Gasteiger partial charge >= 0.3 is 0 Å². The smallest absolute Gasteiger partial charge is 0.221 e. The van der Waals surface area contributed by atoms with Crippen molar-refractivity contribution in [2.45, 2.75) is 20.0 Å². The van der Waals surface area contributed by atoms with Gasteiger partial charge in [0.2, 0.25) is 11.8 Å². The first kappa shape index (κ1) is 14.5. The lowest BCUT2D eigenvalue weighted by Gasteiger charge is -2.07. The van der Waals surface area contributed by atoms with Crippen LogP contribution in [0.5, 0.6) is 5.88 Å². The van der Waals surface area contributed by atoms with Crippen LogP contribution in [0, 0.1) is 0 Å². The maximum atomic E-state index is 11.1. The van der Waals surface area contributed by atoms with E-state index in [9.17, 15) is 4.79 Å². The first-order chi connectivity index (χ1) is 9.69. The zero-order chi connectivity index (χ0) is 14.4.